The average molecular weight is 278 g/mol. The standard InChI is InChI=1S/C15H22N2O3/c1-11(12-6-4-3-5-7-12)16-13-8-9-17(15(18)19)10-14(13)20-2/h3-7,11,13-14,16H,8-10H2,1-2H3,(H,18,19)/t11?,13-,14+/m0/s1. The minimum atomic E-state index is -0.874. The number of benzene rings is 1. The molecule has 0 spiro atoms. The van der Waals surface area contributed by atoms with Crippen LogP contribution >= 0.6 is 0 Å². The summed E-state index contributed by atoms with van der Waals surface area (Å²) in [6, 6.07) is 10.6. The van der Waals surface area contributed by atoms with Gasteiger partial charge in [-0.3, -0.25) is 0 Å². The van der Waals surface area contributed by atoms with Gasteiger partial charge in [-0.15, -0.1) is 0 Å². The predicted octanol–water partition coefficient (Wildman–Crippen LogP) is 2.10. The summed E-state index contributed by atoms with van der Waals surface area (Å²) in [5, 5.41) is 12.6. The molecule has 1 heterocycles. The highest BCUT2D eigenvalue weighted by molar-refractivity contribution is 5.65. The number of likely N-dealkylation sites (tertiary alicyclic amines) is 1. The van der Waals surface area contributed by atoms with Crippen molar-refractivity contribution in [2.24, 2.45) is 0 Å². The van der Waals surface area contributed by atoms with E-state index in [1.165, 1.54) is 10.5 Å². The molecule has 5 nitrogen and oxygen atoms in total. The van der Waals surface area contributed by atoms with Crippen LogP contribution in [0.4, 0.5) is 4.79 Å². The third-order valence-corrected chi connectivity index (χ3v) is 3.90. The van der Waals surface area contributed by atoms with Crippen molar-refractivity contribution < 1.29 is 14.6 Å². The number of carbonyl (C=O) groups is 1. The number of carboxylic acid groups (broad SMARTS) is 1. The van der Waals surface area contributed by atoms with Crippen LogP contribution in [0.3, 0.4) is 0 Å². The van der Waals surface area contributed by atoms with Crippen molar-refractivity contribution in [3.05, 3.63) is 35.9 Å². The molecule has 0 aliphatic carbocycles. The molecular formula is C15H22N2O3. The first kappa shape index (κ1) is 14.8. The van der Waals surface area contributed by atoms with Crippen LogP contribution in [-0.4, -0.2) is 48.4 Å². The number of piperidine rings is 1. The first-order chi connectivity index (χ1) is 9.61. The van der Waals surface area contributed by atoms with Gasteiger partial charge in [0.2, 0.25) is 0 Å². The molecule has 2 N–H and O–H groups in total. The van der Waals surface area contributed by atoms with Crippen molar-refractivity contribution in [3.8, 4) is 0 Å². The second kappa shape index (κ2) is 6.72. The molecule has 1 amide bonds. The average Bonchev–Trinajstić information content (AvgIpc) is 2.48. The van der Waals surface area contributed by atoms with Gasteiger partial charge < -0.3 is 20.1 Å². The van der Waals surface area contributed by atoms with E-state index in [4.69, 9.17) is 9.84 Å². The van der Waals surface area contributed by atoms with E-state index in [-0.39, 0.29) is 18.2 Å². The Bertz CT molecular complexity index is 438. The largest absolute Gasteiger partial charge is 0.465 e. The van der Waals surface area contributed by atoms with Crippen LogP contribution < -0.4 is 5.32 Å². The molecule has 0 bridgehead atoms. The molecule has 1 aromatic rings. The Morgan fingerprint density at radius 2 is 2.15 bits per heavy atom. The van der Waals surface area contributed by atoms with Gasteiger partial charge in [0.05, 0.1) is 12.6 Å². The normalized spacial score (nSPS) is 24.4. The fraction of sp³-hybridized carbons (Fsp3) is 0.533. The zero-order valence-electron chi connectivity index (χ0n) is 12.0. The second-order valence-corrected chi connectivity index (χ2v) is 5.20. The van der Waals surface area contributed by atoms with E-state index < -0.39 is 6.09 Å². The van der Waals surface area contributed by atoms with E-state index in [9.17, 15) is 4.79 Å². The van der Waals surface area contributed by atoms with Crippen molar-refractivity contribution in [2.75, 3.05) is 20.2 Å². The third-order valence-electron chi connectivity index (χ3n) is 3.90. The smallest absolute Gasteiger partial charge is 0.407 e. The molecule has 1 saturated heterocycles. The van der Waals surface area contributed by atoms with Gasteiger partial charge in [0.1, 0.15) is 0 Å². The molecule has 110 valence electrons. The highest BCUT2D eigenvalue weighted by Crippen LogP contribution is 2.19. The molecule has 1 fully saturated rings. The van der Waals surface area contributed by atoms with Crippen LogP contribution in [0.25, 0.3) is 0 Å². The lowest BCUT2D eigenvalue weighted by Crippen LogP contribution is -2.54. The monoisotopic (exact) mass is 278 g/mol. The molecular weight excluding hydrogens is 256 g/mol. The maximum Gasteiger partial charge on any atom is 0.407 e. The molecule has 3 atom stereocenters. The number of amides is 1. The Labute approximate surface area is 119 Å². The van der Waals surface area contributed by atoms with Crippen LogP contribution in [0.15, 0.2) is 30.3 Å². The molecule has 0 aromatic heterocycles. The summed E-state index contributed by atoms with van der Waals surface area (Å²) in [4.78, 5) is 12.4. The molecule has 1 aromatic carbocycles. The van der Waals surface area contributed by atoms with Gasteiger partial charge in [-0.1, -0.05) is 30.3 Å². The van der Waals surface area contributed by atoms with Gasteiger partial charge in [-0.2, -0.15) is 0 Å². The van der Waals surface area contributed by atoms with Gasteiger partial charge in [0.25, 0.3) is 0 Å². The van der Waals surface area contributed by atoms with Gasteiger partial charge in [-0.05, 0) is 18.9 Å². The van der Waals surface area contributed by atoms with Crippen LogP contribution in [0.1, 0.15) is 24.9 Å². The summed E-state index contributed by atoms with van der Waals surface area (Å²) in [5.41, 5.74) is 1.23. The number of methoxy groups -OCH3 is 1. The van der Waals surface area contributed by atoms with Gasteiger partial charge in [0, 0.05) is 25.7 Å². The lowest BCUT2D eigenvalue weighted by molar-refractivity contribution is 0.00701. The summed E-state index contributed by atoms with van der Waals surface area (Å²) in [5.74, 6) is 0. The number of nitrogens with zero attached hydrogens (tertiary/aromatic N) is 1. The Balaban J connectivity index is 1.97. The van der Waals surface area contributed by atoms with Crippen LogP contribution in [0, 0.1) is 0 Å². The Kier molecular flexibility index (Phi) is 4.98. The Morgan fingerprint density at radius 3 is 2.75 bits per heavy atom. The van der Waals surface area contributed by atoms with E-state index in [0.29, 0.717) is 13.1 Å². The van der Waals surface area contributed by atoms with Gasteiger partial charge in [-0.25, -0.2) is 4.79 Å². The zero-order valence-corrected chi connectivity index (χ0v) is 12.0. The SMILES string of the molecule is CO[C@@H]1CN(C(=O)O)CC[C@@H]1NC(C)c1ccccc1. The van der Waals surface area contributed by atoms with Gasteiger partial charge in [0.15, 0.2) is 0 Å². The van der Waals surface area contributed by atoms with Crippen molar-refractivity contribution in [2.45, 2.75) is 31.5 Å². The Morgan fingerprint density at radius 1 is 1.45 bits per heavy atom. The zero-order chi connectivity index (χ0) is 14.5. The van der Waals surface area contributed by atoms with Gasteiger partial charge >= 0.3 is 6.09 Å². The molecule has 5 heteroatoms. The molecule has 2 rings (SSSR count). The Hall–Kier alpha value is -1.59. The molecule has 1 unspecified atom stereocenters. The highest BCUT2D eigenvalue weighted by atomic mass is 16.5. The maximum absolute atomic E-state index is 11.0. The number of hydrogen-bond acceptors (Lipinski definition) is 3. The van der Waals surface area contributed by atoms with Crippen molar-refractivity contribution >= 4 is 6.09 Å². The fourth-order valence-electron chi connectivity index (χ4n) is 2.68. The summed E-state index contributed by atoms with van der Waals surface area (Å²) in [6.45, 7) is 3.09. The minimum absolute atomic E-state index is 0.106. The molecule has 1 aliphatic heterocycles. The van der Waals surface area contributed by atoms with Crippen molar-refractivity contribution in [3.63, 3.8) is 0 Å². The minimum Gasteiger partial charge on any atom is -0.465 e. The first-order valence-corrected chi connectivity index (χ1v) is 6.93. The number of hydrogen-bond donors (Lipinski definition) is 2. The lowest BCUT2D eigenvalue weighted by Gasteiger charge is -2.38. The lowest BCUT2D eigenvalue weighted by atomic mass is 9.99. The predicted molar refractivity (Wildman–Crippen MR) is 76.8 cm³/mol. The third kappa shape index (κ3) is 3.49. The highest BCUT2D eigenvalue weighted by Gasteiger charge is 2.32. The van der Waals surface area contributed by atoms with Crippen LogP contribution in [-0.2, 0) is 4.74 Å². The molecule has 1 aliphatic rings. The second-order valence-electron chi connectivity index (χ2n) is 5.20. The first-order valence-electron chi connectivity index (χ1n) is 6.93. The summed E-state index contributed by atoms with van der Waals surface area (Å²) < 4.78 is 5.45. The number of nitrogens with one attached hydrogen (secondary N) is 1. The number of ether oxygens (including phenoxy) is 1. The maximum atomic E-state index is 11.0. The van der Waals surface area contributed by atoms with Crippen molar-refractivity contribution in [1.29, 1.82) is 0 Å². The van der Waals surface area contributed by atoms with E-state index in [1.54, 1.807) is 7.11 Å². The molecule has 0 radical (unpaired) electrons. The summed E-state index contributed by atoms with van der Waals surface area (Å²) >= 11 is 0. The fourth-order valence-corrected chi connectivity index (χ4v) is 2.68. The summed E-state index contributed by atoms with van der Waals surface area (Å²) in [7, 11) is 1.64. The van der Waals surface area contributed by atoms with Crippen LogP contribution in [0.2, 0.25) is 0 Å². The van der Waals surface area contributed by atoms with E-state index in [0.717, 1.165) is 6.42 Å². The van der Waals surface area contributed by atoms with E-state index >= 15 is 0 Å². The molecule has 0 saturated carbocycles. The van der Waals surface area contributed by atoms with E-state index in [2.05, 4.69) is 24.4 Å². The van der Waals surface area contributed by atoms with E-state index in [1.807, 2.05) is 18.2 Å². The topological polar surface area (TPSA) is 61.8 Å². The quantitative estimate of drug-likeness (QED) is 0.885. The van der Waals surface area contributed by atoms with Crippen LogP contribution in [0.5, 0.6) is 0 Å². The number of rotatable bonds is 4. The van der Waals surface area contributed by atoms with Crippen molar-refractivity contribution in [1.82, 2.24) is 10.2 Å². The summed E-state index contributed by atoms with van der Waals surface area (Å²) in [6.07, 6.45) is -0.213. The molecule has 20 heavy (non-hydrogen) atoms.